The predicted molar refractivity (Wildman–Crippen MR) is 150 cm³/mol. The van der Waals surface area contributed by atoms with Gasteiger partial charge in [-0.25, -0.2) is 0 Å². The molecule has 0 heterocycles. The van der Waals surface area contributed by atoms with Gasteiger partial charge in [-0.15, -0.1) is 0 Å². The number of aliphatic hydroxyl groups excluding tert-OH is 2. The summed E-state index contributed by atoms with van der Waals surface area (Å²) in [5.74, 6) is -0.693. The molecule has 4 N–H and O–H groups in total. The first kappa shape index (κ1) is 33.3. The number of nitrogens with one attached hydrogen (secondary N) is 2. The molecule has 0 aliphatic rings. The van der Waals surface area contributed by atoms with Gasteiger partial charge in [-0.3, -0.25) is 24.6 Å². The van der Waals surface area contributed by atoms with E-state index in [2.05, 4.69) is 48.4 Å². The maximum absolute atomic E-state index is 12.0. The lowest BCUT2D eigenvalue weighted by Gasteiger charge is -2.22. The monoisotopic (exact) mass is 570 g/mol. The van der Waals surface area contributed by atoms with E-state index < -0.39 is 34.4 Å². The van der Waals surface area contributed by atoms with E-state index in [0.29, 0.717) is 12.1 Å². The van der Waals surface area contributed by atoms with Crippen molar-refractivity contribution < 1.29 is 24.7 Å². The van der Waals surface area contributed by atoms with Gasteiger partial charge in [0.25, 0.3) is 11.6 Å². The van der Waals surface area contributed by atoms with E-state index in [9.17, 15) is 24.8 Å². The van der Waals surface area contributed by atoms with Crippen LogP contribution in [-0.4, -0.2) is 69.0 Å². The van der Waals surface area contributed by atoms with E-state index in [4.69, 9.17) is 28.3 Å². The Morgan fingerprint density at radius 2 is 1.58 bits per heavy atom. The third-order valence-electron chi connectivity index (χ3n) is 5.75. The Kier molecular flexibility index (Phi) is 14.2. The third kappa shape index (κ3) is 10.5. The molecule has 2 aromatic rings. The number of nitro groups is 1. The Morgan fingerprint density at radius 3 is 2.00 bits per heavy atom. The maximum Gasteiger partial charge on any atom is 0.269 e. The van der Waals surface area contributed by atoms with Crippen molar-refractivity contribution >= 4 is 46.4 Å². The van der Waals surface area contributed by atoms with Crippen LogP contribution in [0.3, 0.4) is 0 Å². The van der Waals surface area contributed by atoms with E-state index in [-0.39, 0.29) is 11.6 Å². The van der Waals surface area contributed by atoms with E-state index in [1.54, 1.807) is 0 Å². The Balaban J connectivity index is 0.000000382. The molecule has 0 spiro atoms. The average Bonchev–Trinajstić information content (AvgIpc) is 2.87. The van der Waals surface area contributed by atoms with Crippen molar-refractivity contribution in [3.05, 3.63) is 68.8 Å². The van der Waals surface area contributed by atoms with Gasteiger partial charge in [-0.2, -0.15) is 0 Å². The van der Waals surface area contributed by atoms with Gasteiger partial charge < -0.3 is 20.8 Å². The molecule has 12 heteroatoms. The number of likely N-dealkylation sites (N-methyl/N-ethyl adjacent to an activating group) is 1. The smallest absolute Gasteiger partial charge is 0.269 e. The molecule has 0 fully saturated rings. The number of alkyl halides is 2. The van der Waals surface area contributed by atoms with Gasteiger partial charge >= 0.3 is 0 Å². The third-order valence-corrected chi connectivity index (χ3v) is 6.15. The highest BCUT2D eigenvalue weighted by atomic mass is 35.5. The van der Waals surface area contributed by atoms with Gasteiger partial charge in [0.1, 0.15) is 6.10 Å². The summed E-state index contributed by atoms with van der Waals surface area (Å²) in [7, 11) is 0. The molecule has 2 amide bonds. The van der Waals surface area contributed by atoms with Crippen molar-refractivity contribution in [3.8, 4) is 0 Å². The number of non-ortho nitro benzene ring substituents is 1. The summed E-state index contributed by atoms with van der Waals surface area (Å²) in [5.41, 5.74) is 4.60. The maximum atomic E-state index is 12.0. The number of halogens is 2. The van der Waals surface area contributed by atoms with Gasteiger partial charge in [-0.1, -0.05) is 54.7 Å². The van der Waals surface area contributed by atoms with E-state index >= 15 is 0 Å². The number of anilines is 1. The zero-order chi connectivity index (χ0) is 29.0. The molecule has 0 radical (unpaired) electrons. The Morgan fingerprint density at radius 1 is 1.05 bits per heavy atom. The summed E-state index contributed by atoms with van der Waals surface area (Å²) in [6.07, 6.45) is -1.25. The van der Waals surface area contributed by atoms with Crippen molar-refractivity contribution in [1.29, 1.82) is 0 Å². The normalized spacial score (nSPS) is 12.4. The fraction of sp³-hybridized carbons (Fsp3) is 0.462. The number of nitrogens with zero attached hydrogens (tertiary/aromatic N) is 2. The molecule has 0 unspecified atom stereocenters. The molecule has 10 nitrogen and oxygen atoms in total. The number of nitro benzene ring substituents is 1. The predicted octanol–water partition coefficient (Wildman–Crippen LogP) is 3.80. The Labute approximate surface area is 233 Å². The number of hydrogen-bond donors (Lipinski definition) is 4. The summed E-state index contributed by atoms with van der Waals surface area (Å²) >= 11 is 10.7. The molecular formula is C26H36Cl2N4O6. The topological polar surface area (TPSA) is 145 Å². The minimum atomic E-state index is -1.33. The van der Waals surface area contributed by atoms with Gasteiger partial charge in [0, 0.05) is 17.8 Å². The minimum absolute atomic E-state index is 0.0637. The van der Waals surface area contributed by atoms with Gasteiger partial charge in [0.05, 0.1) is 24.1 Å². The molecule has 0 aliphatic carbocycles. The lowest BCUT2D eigenvalue weighted by molar-refractivity contribution is -0.384. The Bertz CT molecular complexity index is 1050. The van der Waals surface area contributed by atoms with Gasteiger partial charge in [0.2, 0.25) is 5.91 Å². The molecule has 0 saturated heterocycles. The fourth-order valence-electron chi connectivity index (χ4n) is 3.70. The molecular weight excluding hydrogens is 535 g/mol. The van der Waals surface area contributed by atoms with Crippen LogP contribution >= 0.6 is 23.2 Å². The number of hydrogen-bond acceptors (Lipinski definition) is 7. The second kappa shape index (κ2) is 16.3. The quantitative estimate of drug-likeness (QED) is 0.182. The zero-order valence-electron chi connectivity index (χ0n) is 22.2. The fourth-order valence-corrected chi connectivity index (χ4v) is 3.83. The van der Waals surface area contributed by atoms with Crippen molar-refractivity contribution in [1.82, 2.24) is 10.2 Å². The zero-order valence-corrected chi connectivity index (χ0v) is 23.7. The first-order chi connectivity index (χ1) is 17.8. The lowest BCUT2D eigenvalue weighted by atomic mass is 10.0. The van der Waals surface area contributed by atoms with E-state index in [1.165, 1.54) is 29.8 Å². The van der Waals surface area contributed by atoms with Crippen LogP contribution in [-0.2, 0) is 9.59 Å². The number of carbonyl (C=O) groups excluding carboxylic acids is 2. The summed E-state index contributed by atoms with van der Waals surface area (Å²) in [4.78, 5) is 34.0. The van der Waals surface area contributed by atoms with Crippen molar-refractivity contribution in [2.24, 2.45) is 0 Å². The van der Waals surface area contributed by atoms with Gasteiger partial charge in [0.15, 0.2) is 4.84 Å². The van der Waals surface area contributed by atoms with Crippen LogP contribution in [0.25, 0.3) is 0 Å². The van der Waals surface area contributed by atoms with Crippen molar-refractivity contribution in [2.45, 2.75) is 51.6 Å². The van der Waals surface area contributed by atoms with Crippen molar-refractivity contribution in [3.63, 3.8) is 0 Å². The number of aryl methyl sites for hydroxylation is 3. The molecule has 2 atom stereocenters. The summed E-state index contributed by atoms with van der Waals surface area (Å²) in [6, 6.07) is 8.25. The minimum Gasteiger partial charge on any atom is -0.394 e. The number of benzene rings is 2. The highest BCUT2D eigenvalue weighted by Crippen LogP contribution is 2.22. The first-order valence-corrected chi connectivity index (χ1v) is 12.9. The van der Waals surface area contributed by atoms with E-state index in [0.717, 1.165) is 29.9 Å². The van der Waals surface area contributed by atoms with Crippen LogP contribution in [0, 0.1) is 30.9 Å². The number of rotatable bonds is 11. The molecule has 0 aromatic heterocycles. The van der Waals surface area contributed by atoms with Gasteiger partial charge in [-0.05, 0) is 62.7 Å². The van der Waals surface area contributed by atoms with Crippen LogP contribution in [0.4, 0.5) is 11.4 Å². The highest BCUT2D eigenvalue weighted by molar-refractivity contribution is 6.53. The van der Waals surface area contributed by atoms with Crippen LogP contribution < -0.4 is 10.6 Å². The largest absolute Gasteiger partial charge is 0.394 e. The van der Waals surface area contributed by atoms with Crippen molar-refractivity contribution in [2.75, 3.05) is 31.6 Å². The molecule has 0 saturated carbocycles. The molecule has 38 heavy (non-hydrogen) atoms. The van der Waals surface area contributed by atoms with Crippen LogP contribution in [0.1, 0.15) is 42.2 Å². The number of aliphatic hydroxyl groups is 2. The molecule has 2 aromatic carbocycles. The summed E-state index contributed by atoms with van der Waals surface area (Å²) in [5, 5.41) is 35.0. The second-order valence-corrected chi connectivity index (χ2v) is 9.77. The van der Waals surface area contributed by atoms with E-state index in [1.807, 2.05) is 13.8 Å². The summed E-state index contributed by atoms with van der Waals surface area (Å²) in [6.45, 7) is 12.0. The molecule has 210 valence electrons. The number of carbonyl (C=O) groups is 2. The standard InChI is InChI=1S/C15H24N2O.C11H12Cl2N2O5/c1-6-17(7-2)10-14(18)16-15-12(4)8-11(3)9-13(15)5;12-10(13)11(18)14-8(5-16)9(17)6-1-3-7(4-2-6)15(19)20/h8-9H,6-7,10H2,1-5H3,(H,16,18);1-4,8-10,16-17H,5H2,(H,14,18)/t;8-,9-/m.1/s1. The lowest BCUT2D eigenvalue weighted by Crippen LogP contribution is -2.44. The van der Waals surface area contributed by atoms with Crippen LogP contribution in [0.5, 0.6) is 0 Å². The molecule has 0 aliphatic heterocycles. The van der Waals surface area contributed by atoms with Crippen LogP contribution in [0.2, 0.25) is 0 Å². The molecule has 2 rings (SSSR count). The Hall–Kier alpha value is -2.76. The first-order valence-electron chi connectivity index (χ1n) is 12.1. The van der Waals surface area contributed by atoms with Crippen LogP contribution in [0.15, 0.2) is 36.4 Å². The SMILES string of the molecule is CCN(CC)CC(=O)Nc1c(C)cc(C)cc1C.O=C(N[C@H](CO)[C@H](O)c1ccc([N+](=O)[O-])cc1)C(Cl)Cl. The summed E-state index contributed by atoms with van der Waals surface area (Å²) < 4.78 is 0. The second-order valence-electron chi connectivity index (χ2n) is 8.68. The highest BCUT2D eigenvalue weighted by Gasteiger charge is 2.25. The number of amides is 2. The average molecular weight is 572 g/mol. The molecule has 0 bridgehead atoms.